The molecule has 0 amide bonds. The number of aliphatic hydroxyl groups excluding tert-OH is 1. The minimum Gasteiger partial charge on any atom is -0.392 e. The Bertz CT molecular complexity index is 481. The van der Waals surface area contributed by atoms with Crippen LogP contribution in [0.25, 0.3) is 0 Å². The van der Waals surface area contributed by atoms with Gasteiger partial charge >= 0.3 is 0 Å². The van der Waals surface area contributed by atoms with Crippen LogP contribution in [0.15, 0.2) is 18.2 Å². The van der Waals surface area contributed by atoms with Gasteiger partial charge in [0.2, 0.25) is 0 Å². The van der Waals surface area contributed by atoms with Gasteiger partial charge in [-0.1, -0.05) is 19.1 Å². The number of likely N-dealkylation sites (tertiary alicyclic amines) is 1. The van der Waals surface area contributed by atoms with Crippen molar-refractivity contribution in [2.45, 2.75) is 26.0 Å². The minimum absolute atomic E-state index is 0.279. The molecule has 2 rings (SSSR count). The Hall–Kier alpha value is -1.04. The average Bonchev–Trinajstić information content (AvgIpc) is 2.33. The lowest BCUT2D eigenvalue weighted by molar-refractivity contribution is 0.0259. The minimum atomic E-state index is -0.324. The number of thiocarbonyl (C=S) groups is 1. The van der Waals surface area contributed by atoms with Crippen molar-refractivity contribution in [2.75, 3.05) is 13.1 Å². The molecule has 1 fully saturated rings. The van der Waals surface area contributed by atoms with Crippen LogP contribution in [-0.2, 0) is 6.54 Å². The van der Waals surface area contributed by atoms with Crippen molar-refractivity contribution < 1.29 is 9.50 Å². The van der Waals surface area contributed by atoms with Crippen molar-refractivity contribution in [2.24, 2.45) is 11.7 Å². The van der Waals surface area contributed by atoms with Crippen molar-refractivity contribution in [3.05, 3.63) is 35.1 Å². The standard InChI is InChI=1S/C14H19FN2OS/c1-9-4-5-17(8-13(9)18)7-10-6-11(15)2-3-12(10)14(16)19/h2-3,6,9,13,18H,4-5,7-8H2,1H3,(H2,16,19). The van der Waals surface area contributed by atoms with Crippen LogP contribution in [0.1, 0.15) is 24.5 Å². The lowest BCUT2D eigenvalue weighted by atomic mass is 9.95. The number of halogens is 1. The molecule has 1 heterocycles. The summed E-state index contributed by atoms with van der Waals surface area (Å²) in [5.74, 6) is 0.0275. The zero-order chi connectivity index (χ0) is 14.0. The fourth-order valence-corrected chi connectivity index (χ4v) is 2.63. The number of piperidine rings is 1. The van der Waals surface area contributed by atoms with E-state index in [1.165, 1.54) is 12.1 Å². The summed E-state index contributed by atoms with van der Waals surface area (Å²) in [4.78, 5) is 2.39. The summed E-state index contributed by atoms with van der Waals surface area (Å²) >= 11 is 4.99. The second kappa shape index (κ2) is 5.94. The molecule has 2 unspecified atom stereocenters. The van der Waals surface area contributed by atoms with Crippen molar-refractivity contribution in [1.29, 1.82) is 0 Å². The largest absolute Gasteiger partial charge is 0.392 e. The molecule has 0 radical (unpaired) electrons. The maximum atomic E-state index is 13.4. The highest BCUT2D eigenvalue weighted by atomic mass is 32.1. The van der Waals surface area contributed by atoms with Crippen molar-refractivity contribution in [3.63, 3.8) is 0 Å². The van der Waals surface area contributed by atoms with Crippen LogP contribution in [0.3, 0.4) is 0 Å². The Kier molecular flexibility index (Phi) is 4.50. The van der Waals surface area contributed by atoms with Crippen LogP contribution >= 0.6 is 12.2 Å². The fourth-order valence-electron chi connectivity index (χ4n) is 2.43. The summed E-state index contributed by atoms with van der Waals surface area (Å²) in [5.41, 5.74) is 7.16. The van der Waals surface area contributed by atoms with Crippen molar-refractivity contribution in [3.8, 4) is 0 Å². The van der Waals surface area contributed by atoms with E-state index in [2.05, 4.69) is 4.90 Å². The molecule has 19 heavy (non-hydrogen) atoms. The van der Waals surface area contributed by atoms with Crippen LogP contribution < -0.4 is 5.73 Å². The number of hydrogen-bond acceptors (Lipinski definition) is 3. The number of rotatable bonds is 3. The van der Waals surface area contributed by atoms with E-state index in [-0.39, 0.29) is 16.9 Å². The van der Waals surface area contributed by atoms with E-state index in [0.29, 0.717) is 24.6 Å². The quantitative estimate of drug-likeness (QED) is 0.828. The zero-order valence-electron chi connectivity index (χ0n) is 11.0. The molecule has 104 valence electrons. The average molecular weight is 282 g/mol. The van der Waals surface area contributed by atoms with E-state index in [9.17, 15) is 9.50 Å². The number of hydrogen-bond donors (Lipinski definition) is 2. The van der Waals surface area contributed by atoms with E-state index in [4.69, 9.17) is 18.0 Å². The van der Waals surface area contributed by atoms with Gasteiger partial charge < -0.3 is 10.8 Å². The first kappa shape index (κ1) is 14.4. The SMILES string of the molecule is CC1CCN(Cc2cc(F)ccc2C(N)=S)CC1O. The molecule has 1 aliphatic rings. The Balaban J connectivity index is 2.14. The van der Waals surface area contributed by atoms with E-state index >= 15 is 0 Å². The fraction of sp³-hybridized carbons (Fsp3) is 0.500. The predicted molar refractivity (Wildman–Crippen MR) is 77.4 cm³/mol. The normalized spacial score (nSPS) is 24.4. The van der Waals surface area contributed by atoms with Crippen LogP contribution in [0.4, 0.5) is 4.39 Å². The highest BCUT2D eigenvalue weighted by Gasteiger charge is 2.24. The van der Waals surface area contributed by atoms with E-state index in [0.717, 1.165) is 18.5 Å². The lowest BCUT2D eigenvalue weighted by Gasteiger charge is -2.34. The van der Waals surface area contributed by atoms with Gasteiger partial charge in [-0.25, -0.2) is 4.39 Å². The first-order valence-electron chi connectivity index (χ1n) is 6.46. The Labute approximate surface area is 118 Å². The van der Waals surface area contributed by atoms with Gasteiger partial charge in [0.15, 0.2) is 0 Å². The first-order valence-corrected chi connectivity index (χ1v) is 6.87. The van der Waals surface area contributed by atoms with Gasteiger partial charge in [0.1, 0.15) is 10.8 Å². The van der Waals surface area contributed by atoms with Crippen LogP contribution in [0.2, 0.25) is 0 Å². The molecule has 0 saturated carbocycles. The van der Waals surface area contributed by atoms with Gasteiger partial charge in [-0.15, -0.1) is 0 Å². The van der Waals surface area contributed by atoms with Crippen LogP contribution in [-0.4, -0.2) is 34.2 Å². The Morgan fingerprint density at radius 3 is 2.95 bits per heavy atom. The Morgan fingerprint density at radius 1 is 1.58 bits per heavy atom. The summed E-state index contributed by atoms with van der Waals surface area (Å²) in [6.07, 6.45) is 0.620. The molecule has 1 aromatic rings. The highest BCUT2D eigenvalue weighted by Crippen LogP contribution is 2.21. The van der Waals surface area contributed by atoms with Gasteiger partial charge in [-0.05, 0) is 42.6 Å². The van der Waals surface area contributed by atoms with Gasteiger partial charge in [0.25, 0.3) is 0 Å². The maximum absolute atomic E-state index is 13.4. The smallest absolute Gasteiger partial charge is 0.123 e. The zero-order valence-corrected chi connectivity index (χ0v) is 11.8. The van der Waals surface area contributed by atoms with Crippen LogP contribution in [0, 0.1) is 11.7 Å². The van der Waals surface area contributed by atoms with Gasteiger partial charge in [-0.2, -0.15) is 0 Å². The molecular weight excluding hydrogens is 263 g/mol. The third-order valence-electron chi connectivity index (χ3n) is 3.73. The third-order valence-corrected chi connectivity index (χ3v) is 3.95. The van der Waals surface area contributed by atoms with Gasteiger partial charge in [0, 0.05) is 18.7 Å². The summed E-state index contributed by atoms with van der Waals surface area (Å²) in [6, 6.07) is 4.46. The molecule has 1 aromatic carbocycles. The lowest BCUT2D eigenvalue weighted by Crippen LogP contribution is -2.42. The molecule has 0 aliphatic carbocycles. The monoisotopic (exact) mass is 282 g/mol. The van der Waals surface area contributed by atoms with Gasteiger partial charge in [-0.3, -0.25) is 4.90 Å². The molecule has 5 heteroatoms. The summed E-state index contributed by atoms with van der Waals surface area (Å²) in [6.45, 7) is 4.11. The Morgan fingerprint density at radius 2 is 2.32 bits per heavy atom. The number of aliphatic hydroxyl groups is 1. The second-order valence-corrected chi connectivity index (χ2v) is 5.67. The molecular formula is C14H19FN2OS. The van der Waals surface area contributed by atoms with E-state index < -0.39 is 0 Å². The molecule has 3 nitrogen and oxygen atoms in total. The summed E-state index contributed by atoms with van der Waals surface area (Å²) in [7, 11) is 0. The van der Waals surface area contributed by atoms with Gasteiger partial charge in [0.05, 0.1) is 6.10 Å². The topological polar surface area (TPSA) is 49.5 Å². The highest BCUT2D eigenvalue weighted by molar-refractivity contribution is 7.80. The van der Waals surface area contributed by atoms with Crippen LogP contribution in [0.5, 0.6) is 0 Å². The van der Waals surface area contributed by atoms with E-state index in [1.54, 1.807) is 6.07 Å². The van der Waals surface area contributed by atoms with Crippen molar-refractivity contribution in [1.82, 2.24) is 4.90 Å². The molecule has 3 N–H and O–H groups in total. The second-order valence-electron chi connectivity index (χ2n) is 5.23. The maximum Gasteiger partial charge on any atom is 0.123 e. The molecule has 0 aromatic heterocycles. The molecule has 2 atom stereocenters. The summed E-state index contributed by atoms with van der Waals surface area (Å²) in [5, 5.41) is 9.89. The van der Waals surface area contributed by atoms with E-state index in [1.807, 2.05) is 6.92 Å². The number of β-amino-alcohol motifs (C(OH)–C–C–N with tert-alkyl or cyclic N) is 1. The number of benzene rings is 1. The molecule has 0 spiro atoms. The third kappa shape index (κ3) is 3.49. The number of nitrogens with two attached hydrogens (primary N) is 1. The molecule has 1 aliphatic heterocycles. The number of nitrogens with zero attached hydrogens (tertiary/aromatic N) is 1. The molecule has 0 bridgehead atoms. The summed E-state index contributed by atoms with van der Waals surface area (Å²) < 4.78 is 13.4. The molecule has 1 saturated heterocycles. The first-order chi connectivity index (χ1) is 8.97. The van der Waals surface area contributed by atoms with Crippen molar-refractivity contribution >= 4 is 17.2 Å². The predicted octanol–water partition coefficient (Wildman–Crippen LogP) is 1.66.